The summed E-state index contributed by atoms with van der Waals surface area (Å²) in [6.45, 7) is 2.87. The van der Waals surface area contributed by atoms with Gasteiger partial charge in [-0.05, 0) is 25.8 Å². The van der Waals surface area contributed by atoms with Gasteiger partial charge < -0.3 is 5.32 Å². The predicted molar refractivity (Wildman–Crippen MR) is 75.6 cm³/mol. The highest BCUT2D eigenvalue weighted by atomic mass is 32.2. The van der Waals surface area contributed by atoms with Crippen LogP contribution in [0.1, 0.15) is 31.9 Å². The fourth-order valence-corrected chi connectivity index (χ4v) is 3.82. The van der Waals surface area contributed by atoms with Crippen LogP contribution in [0.15, 0.2) is 6.20 Å². The van der Waals surface area contributed by atoms with Crippen LogP contribution >= 0.6 is 0 Å². The van der Waals surface area contributed by atoms with E-state index < -0.39 is 10.0 Å². The maximum Gasteiger partial charge on any atom is 0.234 e. The zero-order chi connectivity index (χ0) is 13.9. The molecule has 2 N–H and O–H groups in total. The van der Waals surface area contributed by atoms with Gasteiger partial charge in [0, 0.05) is 19.3 Å². The Kier molecular flexibility index (Phi) is 4.46. The third-order valence-corrected chi connectivity index (χ3v) is 4.71. The van der Waals surface area contributed by atoms with Gasteiger partial charge in [-0.15, -0.1) is 0 Å². The predicted octanol–water partition coefficient (Wildman–Crippen LogP) is 0.866. The van der Waals surface area contributed by atoms with Gasteiger partial charge in [0.15, 0.2) is 0 Å². The largest absolute Gasteiger partial charge is 0.313 e. The van der Waals surface area contributed by atoms with Gasteiger partial charge in [0.05, 0.1) is 17.1 Å². The van der Waals surface area contributed by atoms with Gasteiger partial charge in [-0.2, -0.15) is 5.10 Å². The number of aromatic nitrogens is 2. The summed E-state index contributed by atoms with van der Waals surface area (Å²) >= 11 is 0. The minimum absolute atomic E-state index is 0.0630. The number of nitrogens with zero attached hydrogens (tertiary/aromatic N) is 2. The third-order valence-electron chi connectivity index (χ3n) is 3.34. The van der Waals surface area contributed by atoms with Gasteiger partial charge in [-0.25, -0.2) is 8.42 Å². The molecule has 19 heavy (non-hydrogen) atoms. The highest BCUT2D eigenvalue weighted by Crippen LogP contribution is 2.17. The molecule has 0 amide bonds. The Morgan fingerprint density at radius 3 is 2.95 bits per heavy atom. The molecule has 2 rings (SSSR count). The topological polar surface area (TPSA) is 76.0 Å². The molecule has 1 atom stereocenters. The van der Waals surface area contributed by atoms with Gasteiger partial charge in [-0.3, -0.25) is 9.40 Å². The minimum atomic E-state index is -3.32. The molecule has 1 aromatic heterocycles. The maximum absolute atomic E-state index is 12.2. The second-order valence-corrected chi connectivity index (χ2v) is 6.81. The van der Waals surface area contributed by atoms with Crippen LogP contribution in [0, 0.1) is 0 Å². The zero-order valence-electron chi connectivity index (χ0n) is 11.5. The number of piperidine rings is 1. The Morgan fingerprint density at radius 1 is 1.53 bits per heavy atom. The molecular formula is C12H22N4O2S. The van der Waals surface area contributed by atoms with Crippen molar-refractivity contribution in [1.29, 1.82) is 0 Å². The smallest absolute Gasteiger partial charge is 0.234 e. The summed E-state index contributed by atoms with van der Waals surface area (Å²) in [5.74, 6) is 0.130. The molecule has 108 valence electrons. The highest BCUT2D eigenvalue weighted by Gasteiger charge is 2.22. The molecule has 0 aliphatic carbocycles. The van der Waals surface area contributed by atoms with Crippen LogP contribution < -0.4 is 10.0 Å². The number of rotatable bonds is 5. The van der Waals surface area contributed by atoms with E-state index >= 15 is 0 Å². The van der Waals surface area contributed by atoms with Crippen molar-refractivity contribution in [3.63, 3.8) is 0 Å². The van der Waals surface area contributed by atoms with Crippen molar-refractivity contribution >= 4 is 15.7 Å². The standard InChI is InChI=1S/C12H22N4O2S/c1-3-11-12(8-16(2)14-11)15-19(17,18)9-10-6-4-5-7-13-10/h8,10,13,15H,3-7,9H2,1-2H3. The average molecular weight is 286 g/mol. The number of aryl methyl sites for hydroxylation is 2. The first-order chi connectivity index (χ1) is 9.00. The summed E-state index contributed by atoms with van der Waals surface area (Å²) in [6, 6.07) is 0.0630. The lowest BCUT2D eigenvalue weighted by Gasteiger charge is -2.23. The lowest BCUT2D eigenvalue weighted by atomic mass is 10.1. The Hall–Kier alpha value is -1.08. The zero-order valence-corrected chi connectivity index (χ0v) is 12.3. The van der Waals surface area contributed by atoms with E-state index in [1.165, 1.54) is 0 Å². The molecule has 0 saturated carbocycles. The van der Waals surface area contributed by atoms with Gasteiger partial charge in [0.25, 0.3) is 0 Å². The molecule has 6 nitrogen and oxygen atoms in total. The first-order valence-corrected chi connectivity index (χ1v) is 8.42. The van der Waals surface area contributed by atoms with Gasteiger partial charge in [0.1, 0.15) is 0 Å². The number of hydrogen-bond acceptors (Lipinski definition) is 4. The van der Waals surface area contributed by atoms with E-state index in [1.807, 2.05) is 6.92 Å². The minimum Gasteiger partial charge on any atom is -0.313 e. The van der Waals surface area contributed by atoms with E-state index in [2.05, 4.69) is 15.1 Å². The van der Waals surface area contributed by atoms with E-state index in [9.17, 15) is 8.42 Å². The molecular weight excluding hydrogens is 264 g/mol. The number of hydrogen-bond donors (Lipinski definition) is 2. The van der Waals surface area contributed by atoms with Crippen LogP contribution in [0.4, 0.5) is 5.69 Å². The fraction of sp³-hybridized carbons (Fsp3) is 0.750. The van der Waals surface area contributed by atoms with Crippen molar-refractivity contribution in [2.24, 2.45) is 7.05 Å². The van der Waals surface area contributed by atoms with Crippen LogP contribution in [0.25, 0.3) is 0 Å². The lowest BCUT2D eigenvalue weighted by Crippen LogP contribution is -2.40. The second-order valence-electron chi connectivity index (χ2n) is 5.05. The summed E-state index contributed by atoms with van der Waals surface area (Å²) < 4.78 is 28.6. The molecule has 1 unspecified atom stereocenters. The summed E-state index contributed by atoms with van der Waals surface area (Å²) in [5, 5.41) is 7.49. The third kappa shape index (κ3) is 3.94. The van der Waals surface area contributed by atoms with Crippen LogP contribution in [-0.4, -0.2) is 36.5 Å². The Morgan fingerprint density at radius 2 is 2.32 bits per heavy atom. The number of nitrogens with one attached hydrogen (secondary N) is 2. The van der Waals surface area contributed by atoms with Gasteiger partial charge in [0.2, 0.25) is 10.0 Å². The normalized spacial score (nSPS) is 20.4. The molecule has 0 bridgehead atoms. The molecule has 0 aromatic carbocycles. The Labute approximate surface area is 114 Å². The number of sulfonamides is 1. The van der Waals surface area contributed by atoms with E-state index in [0.29, 0.717) is 12.1 Å². The van der Waals surface area contributed by atoms with E-state index in [1.54, 1.807) is 17.9 Å². The molecule has 1 aliphatic rings. The molecule has 7 heteroatoms. The van der Waals surface area contributed by atoms with Crippen molar-refractivity contribution in [2.45, 2.75) is 38.6 Å². The molecule has 1 aromatic rings. The molecule has 2 heterocycles. The first-order valence-electron chi connectivity index (χ1n) is 6.76. The molecule has 1 aliphatic heterocycles. The molecule has 1 fully saturated rings. The average Bonchev–Trinajstić information content (AvgIpc) is 2.69. The van der Waals surface area contributed by atoms with Crippen molar-refractivity contribution in [1.82, 2.24) is 15.1 Å². The van der Waals surface area contributed by atoms with Gasteiger partial charge in [-0.1, -0.05) is 13.3 Å². The van der Waals surface area contributed by atoms with Crippen LogP contribution in [0.2, 0.25) is 0 Å². The molecule has 1 saturated heterocycles. The Balaban J connectivity index is 2.03. The van der Waals surface area contributed by atoms with Crippen LogP contribution in [-0.2, 0) is 23.5 Å². The summed E-state index contributed by atoms with van der Waals surface area (Å²) in [6.07, 6.45) is 5.58. The Bertz CT molecular complexity index is 518. The molecule has 0 radical (unpaired) electrons. The van der Waals surface area contributed by atoms with Crippen LogP contribution in [0.5, 0.6) is 0 Å². The van der Waals surface area contributed by atoms with E-state index in [-0.39, 0.29) is 11.8 Å². The SMILES string of the molecule is CCc1nn(C)cc1NS(=O)(=O)CC1CCCCN1. The fourth-order valence-electron chi connectivity index (χ4n) is 2.42. The summed E-state index contributed by atoms with van der Waals surface area (Å²) in [5.41, 5.74) is 1.38. The van der Waals surface area contributed by atoms with Crippen molar-refractivity contribution in [3.05, 3.63) is 11.9 Å². The quantitative estimate of drug-likeness (QED) is 0.842. The van der Waals surface area contributed by atoms with Gasteiger partial charge >= 0.3 is 0 Å². The van der Waals surface area contributed by atoms with Crippen LogP contribution in [0.3, 0.4) is 0 Å². The van der Waals surface area contributed by atoms with Crippen molar-refractivity contribution in [2.75, 3.05) is 17.0 Å². The highest BCUT2D eigenvalue weighted by molar-refractivity contribution is 7.92. The summed E-state index contributed by atoms with van der Waals surface area (Å²) in [7, 11) is -1.53. The van der Waals surface area contributed by atoms with Crippen molar-refractivity contribution in [3.8, 4) is 0 Å². The lowest BCUT2D eigenvalue weighted by molar-refractivity contribution is 0.424. The van der Waals surface area contributed by atoms with E-state index in [4.69, 9.17) is 0 Å². The molecule has 0 spiro atoms. The monoisotopic (exact) mass is 286 g/mol. The van der Waals surface area contributed by atoms with E-state index in [0.717, 1.165) is 31.5 Å². The number of anilines is 1. The first kappa shape index (κ1) is 14.3. The maximum atomic E-state index is 12.2. The van der Waals surface area contributed by atoms with Crippen molar-refractivity contribution < 1.29 is 8.42 Å². The summed E-state index contributed by atoms with van der Waals surface area (Å²) in [4.78, 5) is 0. The second kappa shape index (κ2) is 5.92.